The minimum atomic E-state index is -4.29. The van der Waals surface area contributed by atoms with E-state index in [-0.39, 0.29) is 13.0 Å². The van der Waals surface area contributed by atoms with Gasteiger partial charge in [-0.2, -0.15) is 13.2 Å². The van der Waals surface area contributed by atoms with Gasteiger partial charge in [0.15, 0.2) is 0 Å². The molecular weight excluding hydrogens is 223 g/mol. The van der Waals surface area contributed by atoms with Crippen molar-refractivity contribution < 1.29 is 22.7 Å². The number of nitrogens with one attached hydrogen (secondary N) is 1. The first-order valence-electron chi connectivity index (χ1n) is 5.12. The molecule has 0 aliphatic carbocycles. The van der Waals surface area contributed by atoms with E-state index in [0.717, 1.165) is 0 Å². The van der Waals surface area contributed by atoms with E-state index in [4.69, 9.17) is 4.74 Å². The number of hydrogen-bond acceptors (Lipinski definition) is 3. The van der Waals surface area contributed by atoms with Gasteiger partial charge in [0.05, 0.1) is 5.92 Å². The van der Waals surface area contributed by atoms with Crippen LogP contribution in [0.2, 0.25) is 0 Å². The highest BCUT2D eigenvalue weighted by Gasteiger charge is 2.46. The zero-order chi connectivity index (χ0) is 12.6. The van der Waals surface area contributed by atoms with Gasteiger partial charge >= 0.3 is 12.1 Å². The highest BCUT2D eigenvalue weighted by molar-refractivity contribution is 5.73. The number of halogens is 3. The first kappa shape index (κ1) is 13.3. The second-order valence-electron chi connectivity index (χ2n) is 4.97. The smallest absolute Gasteiger partial charge is 0.403 e. The van der Waals surface area contributed by atoms with Gasteiger partial charge < -0.3 is 10.1 Å². The summed E-state index contributed by atoms with van der Waals surface area (Å²) in [4.78, 5) is 11.5. The van der Waals surface area contributed by atoms with Gasteiger partial charge in [0.2, 0.25) is 0 Å². The van der Waals surface area contributed by atoms with Crippen LogP contribution in [0.3, 0.4) is 0 Å². The molecule has 6 heteroatoms. The van der Waals surface area contributed by atoms with Crippen LogP contribution >= 0.6 is 0 Å². The summed E-state index contributed by atoms with van der Waals surface area (Å²) in [7, 11) is 0. The molecule has 1 heterocycles. The topological polar surface area (TPSA) is 38.3 Å². The van der Waals surface area contributed by atoms with Gasteiger partial charge in [-0.3, -0.25) is 4.79 Å². The lowest BCUT2D eigenvalue weighted by atomic mass is 10.1. The van der Waals surface area contributed by atoms with Crippen molar-refractivity contribution in [1.82, 2.24) is 5.32 Å². The Labute approximate surface area is 92.3 Å². The van der Waals surface area contributed by atoms with Gasteiger partial charge in [-0.25, -0.2) is 0 Å². The third kappa shape index (κ3) is 3.66. The van der Waals surface area contributed by atoms with E-state index in [1.54, 1.807) is 20.8 Å². The summed E-state index contributed by atoms with van der Waals surface area (Å²) in [6.45, 7) is 5.09. The van der Waals surface area contributed by atoms with Crippen LogP contribution in [0.5, 0.6) is 0 Å². The Morgan fingerprint density at radius 1 is 1.31 bits per heavy atom. The number of rotatable bonds is 1. The highest BCUT2D eigenvalue weighted by Crippen LogP contribution is 2.30. The summed E-state index contributed by atoms with van der Waals surface area (Å²) >= 11 is 0. The van der Waals surface area contributed by atoms with E-state index in [1.807, 2.05) is 0 Å². The van der Waals surface area contributed by atoms with Gasteiger partial charge in [0.1, 0.15) is 11.6 Å². The molecule has 1 saturated heterocycles. The highest BCUT2D eigenvalue weighted by atomic mass is 19.4. The Bertz CT molecular complexity index is 270. The third-order valence-corrected chi connectivity index (χ3v) is 2.27. The molecule has 0 spiro atoms. The zero-order valence-electron chi connectivity index (χ0n) is 9.52. The number of hydrogen-bond donors (Lipinski definition) is 1. The molecule has 1 fully saturated rings. The van der Waals surface area contributed by atoms with E-state index in [1.165, 1.54) is 0 Å². The molecule has 0 saturated carbocycles. The third-order valence-electron chi connectivity index (χ3n) is 2.27. The maximum atomic E-state index is 12.3. The summed E-state index contributed by atoms with van der Waals surface area (Å²) < 4.78 is 42.0. The molecular formula is C10H16F3NO2. The van der Waals surface area contributed by atoms with Crippen LogP contribution in [0, 0.1) is 5.92 Å². The molecule has 1 N–H and O–H groups in total. The van der Waals surface area contributed by atoms with Crippen molar-refractivity contribution in [2.75, 3.05) is 6.54 Å². The summed E-state index contributed by atoms with van der Waals surface area (Å²) in [5, 5.41) is 2.29. The van der Waals surface area contributed by atoms with Crippen LogP contribution < -0.4 is 5.32 Å². The molecule has 1 aliphatic heterocycles. The van der Waals surface area contributed by atoms with Gasteiger partial charge in [-0.1, -0.05) is 0 Å². The van der Waals surface area contributed by atoms with Crippen LogP contribution in [-0.4, -0.2) is 30.3 Å². The largest absolute Gasteiger partial charge is 0.460 e. The lowest BCUT2D eigenvalue weighted by molar-refractivity contribution is -0.162. The molecule has 1 aliphatic rings. The molecule has 0 amide bonds. The number of esters is 1. The SMILES string of the molecule is CC(C)(C)OC(=O)C1CNC(C(F)(F)F)C1. The number of carbonyl (C=O) groups is 1. The quantitative estimate of drug-likeness (QED) is 0.710. The first-order valence-corrected chi connectivity index (χ1v) is 5.12. The molecule has 94 valence electrons. The van der Waals surface area contributed by atoms with Crippen LogP contribution in [-0.2, 0) is 9.53 Å². The van der Waals surface area contributed by atoms with Crippen molar-refractivity contribution in [3.63, 3.8) is 0 Å². The van der Waals surface area contributed by atoms with Gasteiger partial charge in [-0.05, 0) is 27.2 Å². The van der Waals surface area contributed by atoms with Gasteiger partial charge in [-0.15, -0.1) is 0 Å². The van der Waals surface area contributed by atoms with Crippen molar-refractivity contribution in [3.8, 4) is 0 Å². The molecule has 0 bridgehead atoms. The Kier molecular flexibility index (Phi) is 3.52. The van der Waals surface area contributed by atoms with E-state index in [9.17, 15) is 18.0 Å². The molecule has 1 rings (SSSR count). The Hall–Kier alpha value is -0.780. The monoisotopic (exact) mass is 239 g/mol. The molecule has 2 unspecified atom stereocenters. The van der Waals surface area contributed by atoms with Crippen LogP contribution in [0.4, 0.5) is 13.2 Å². The van der Waals surface area contributed by atoms with E-state index >= 15 is 0 Å². The lowest BCUT2D eigenvalue weighted by Gasteiger charge is -2.21. The average molecular weight is 239 g/mol. The number of ether oxygens (including phenoxy) is 1. The fourth-order valence-corrected chi connectivity index (χ4v) is 1.55. The maximum absolute atomic E-state index is 12.3. The maximum Gasteiger partial charge on any atom is 0.403 e. The van der Waals surface area contributed by atoms with Crippen molar-refractivity contribution >= 4 is 5.97 Å². The molecule has 0 aromatic rings. The minimum absolute atomic E-state index is 0.0269. The van der Waals surface area contributed by atoms with Crippen molar-refractivity contribution in [1.29, 1.82) is 0 Å². The second kappa shape index (κ2) is 4.24. The van der Waals surface area contributed by atoms with Gasteiger partial charge in [0.25, 0.3) is 0 Å². The average Bonchev–Trinajstić information content (AvgIpc) is 2.46. The first-order chi connectivity index (χ1) is 7.09. The fourth-order valence-electron chi connectivity index (χ4n) is 1.55. The van der Waals surface area contributed by atoms with Crippen LogP contribution in [0.15, 0.2) is 0 Å². The predicted molar refractivity (Wildman–Crippen MR) is 51.8 cm³/mol. The van der Waals surface area contributed by atoms with Crippen molar-refractivity contribution in [2.45, 2.75) is 45.0 Å². The Balaban J connectivity index is 2.51. The van der Waals surface area contributed by atoms with E-state index in [0.29, 0.717) is 0 Å². The molecule has 0 radical (unpaired) electrons. The van der Waals surface area contributed by atoms with Gasteiger partial charge in [0, 0.05) is 6.54 Å². The number of alkyl halides is 3. The predicted octanol–water partition coefficient (Wildman–Crippen LogP) is 1.87. The summed E-state index contributed by atoms with van der Waals surface area (Å²) in [6, 6.07) is -1.59. The zero-order valence-corrected chi connectivity index (χ0v) is 9.52. The second-order valence-corrected chi connectivity index (χ2v) is 4.97. The Morgan fingerprint density at radius 2 is 1.88 bits per heavy atom. The Morgan fingerprint density at radius 3 is 2.25 bits per heavy atom. The van der Waals surface area contributed by atoms with Crippen LogP contribution in [0.25, 0.3) is 0 Å². The molecule has 16 heavy (non-hydrogen) atoms. The van der Waals surface area contributed by atoms with Crippen molar-refractivity contribution in [3.05, 3.63) is 0 Å². The molecule has 0 aromatic heterocycles. The molecule has 2 atom stereocenters. The van der Waals surface area contributed by atoms with E-state index in [2.05, 4.69) is 5.32 Å². The molecule has 0 aromatic carbocycles. The molecule has 3 nitrogen and oxygen atoms in total. The minimum Gasteiger partial charge on any atom is -0.460 e. The van der Waals surface area contributed by atoms with Crippen molar-refractivity contribution in [2.24, 2.45) is 5.92 Å². The normalized spacial score (nSPS) is 26.9. The summed E-state index contributed by atoms with van der Waals surface area (Å²) in [6.07, 6.45) is -4.53. The van der Waals surface area contributed by atoms with E-state index < -0.39 is 29.7 Å². The summed E-state index contributed by atoms with van der Waals surface area (Å²) in [5.74, 6) is -1.27. The summed E-state index contributed by atoms with van der Waals surface area (Å²) in [5.41, 5.74) is -0.659. The fraction of sp³-hybridized carbons (Fsp3) is 0.900. The number of carbonyl (C=O) groups excluding carboxylic acids is 1. The lowest BCUT2D eigenvalue weighted by Crippen LogP contribution is -2.36. The standard InChI is InChI=1S/C10H16F3NO2/c1-9(2,3)16-8(15)6-4-7(14-5-6)10(11,12)13/h6-7,14H,4-5H2,1-3H3. The van der Waals surface area contributed by atoms with Crippen LogP contribution in [0.1, 0.15) is 27.2 Å².